The lowest BCUT2D eigenvalue weighted by molar-refractivity contribution is -0.168. The molecule has 1 aliphatic rings. The summed E-state index contributed by atoms with van der Waals surface area (Å²) in [5.74, 6) is -7.79. The first-order valence-corrected chi connectivity index (χ1v) is 17.5. The third-order valence-electron chi connectivity index (χ3n) is 8.88. The third-order valence-corrected chi connectivity index (χ3v) is 8.88. The molecular formula is C39H42F2N6O7. The SMILES string of the molecule is Cc1cccc(-c2ncc(NC(=O)OCc3ccccc3)c(=O)n2CC(=O)NC(Cc2ccccc2)C(O)C(F)(F)C(=O)NCC(=O)N2CCCCC2)c1. The van der Waals surface area contributed by atoms with Gasteiger partial charge in [0.05, 0.1) is 18.8 Å². The Labute approximate surface area is 310 Å². The maximum Gasteiger partial charge on any atom is 0.412 e. The average molecular weight is 745 g/mol. The van der Waals surface area contributed by atoms with Crippen molar-refractivity contribution < 1.29 is 37.8 Å². The van der Waals surface area contributed by atoms with Crippen molar-refractivity contribution in [3.8, 4) is 11.4 Å². The number of hydrogen-bond acceptors (Lipinski definition) is 8. The predicted molar refractivity (Wildman–Crippen MR) is 195 cm³/mol. The van der Waals surface area contributed by atoms with Gasteiger partial charge in [0.1, 0.15) is 30.8 Å². The molecule has 5 rings (SSSR count). The minimum Gasteiger partial charge on any atom is -0.444 e. The van der Waals surface area contributed by atoms with Crippen LogP contribution in [-0.4, -0.2) is 81.1 Å². The number of likely N-dealkylation sites (tertiary alicyclic amines) is 1. The first-order chi connectivity index (χ1) is 25.9. The number of hydrogen-bond donors (Lipinski definition) is 4. The smallest absolute Gasteiger partial charge is 0.412 e. The van der Waals surface area contributed by atoms with Crippen molar-refractivity contribution in [1.29, 1.82) is 0 Å². The Morgan fingerprint density at radius 2 is 1.59 bits per heavy atom. The summed E-state index contributed by atoms with van der Waals surface area (Å²) in [6.45, 7) is 1.19. The fraction of sp³-hybridized carbons (Fsp3) is 0.333. The molecule has 1 aliphatic heterocycles. The zero-order chi connectivity index (χ0) is 38.7. The Bertz CT molecular complexity index is 1990. The van der Waals surface area contributed by atoms with Gasteiger partial charge in [0.15, 0.2) is 0 Å². The van der Waals surface area contributed by atoms with E-state index in [9.17, 15) is 29.1 Å². The highest BCUT2D eigenvalue weighted by molar-refractivity contribution is 5.89. The maximum absolute atomic E-state index is 15.6. The van der Waals surface area contributed by atoms with Crippen LogP contribution in [0.15, 0.2) is 95.9 Å². The molecule has 2 heterocycles. The van der Waals surface area contributed by atoms with Gasteiger partial charge < -0.3 is 25.4 Å². The molecule has 0 aliphatic carbocycles. The number of carbonyl (C=O) groups excluding carboxylic acids is 4. The first kappa shape index (κ1) is 39.3. The zero-order valence-corrected chi connectivity index (χ0v) is 29.7. The zero-order valence-electron chi connectivity index (χ0n) is 29.7. The van der Waals surface area contributed by atoms with Gasteiger partial charge >= 0.3 is 12.0 Å². The summed E-state index contributed by atoms with van der Waals surface area (Å²) < 4.78 is 37.4. The lowest BCUT2D eigenvalue weighted by atomic mass is 9.96. The highest BCUT2D eigenvalue weighted by Gasteiger charge is 2.50. The molecule has 4 N–H and O–H groups in total. The highest BCUT2D eigenvalue weighted by Crippen LogP contribution is 2.24. The van der Waals surface area contributed by atoms with E-state index in [0.717, 1.165) is 35.6 Å². The number of halogens is 2. The van der Waals surface area contributed by atoms with Gasteiger partial charge in [-0.1, -0.05) is 84.4 Å². The number of aliphatic hydroxyl groups is 1. The molecule has 1 aromatic heterocycles. The van der Waals surface area contributed by atoms with Crippen LogP contribution in [0, 0.1) is 6.92 Å². The molecular weight excluding hydrogens is 702 g/mol. The van der Waals surface area contributed by atoms with E-state index in [1.165, 1.54) is 4.90 Å². The van der Waals surface area contributed by atoms with E-state index in [-0.39, 0.29) is 24.5 Å². The van der Waals surface area contributed by atoms with Gasteiger partial charge in [-0.25, -0.2) is 9.78 Å². The Kier molecular flexibility index (Phi) is 13.2. The molecule has 54 heavy (non-hydrogen) atoms. The van der Waals surface area contributed by atoms with Gasteiger partial charge in [-0.2, -0.15) is 8.78 Å². The van der Waals surface area contributed by atoms with Crippen LogP contribution in [0.1, 0.15) is 36.0 Å². The van der Waals surface area contributed by atoms with Gasteiger partial charge in [0.2, 0.25) is 11.8 Å². The minimum atomic E-state index is -4.44. The number of piperidine rings is 1. The summed E-state index contributed by atoms with van der Waals surface area (Å²) in [5.41, 5.74) is 1.25. The van der Waals surface area contributed by atoms with Crippen molar-refractivity contribution in [3.63, 3.8) is 0 Å². The molecule has 13 nitrogen and oxygen atoms in total. The number of aromatic nitrogens is 2. The van der Waals surface area contributed by atoms with E-state index in [1.807, 2.05) is 18.3 Å². The standard InChI is InChI=1S/C39H42F2N6O7/c1-26-12-11-17-29(20-26)35-42-22-31(45-38(53)54-25-28-15-7-3-8-16-28)36(51)47(35)24-32(48)44-30(21-27-13-5-2-6-14-27)34(50)39(40,41)37(52)43-23-33(49)46-18-9-4-10-19-46/h2-3,5-8,11-17,20,22,30,34,50H,4,9-10,18-19,21,23-25H2,1H3,(H,43,52)(H,44,48)(H,45,53). The molecule has 1 saturated heterocycles. The number of amides is 4. The topological polar surface area (TPSA) is 172 Å². The van der Waals surface area contributed by atoms with E-state index >= 15 is 8.78 Å². The number of anilines is 1. The van der Waals surface area contributed by atoms with E-state index < -0.39 is 60.5 Å². The average Bonchev–Trinajstić information content (AvgIpc) is 3.18. The summed E-state index contributed by atoms with van der Waals surface area (Å²) in [6, 6.07) is 22.2. The highest BCUT2D eigenvalue weighted by atomic mass is 19.3. The number of benzene rings is 3. The fourth-order valence-electron chi connectivity index (χ4n) is 6.03. The molecule has 0 radical (unpaired) electrons. The second-order valence-electron chi connectivity index (χ2n) is 13.0. The molecule has 4 amide bonds. The van der Waals surface area contributed by atoms with Crippen LogP contribution in [0.3, 0.4) is 0 Å². The first-order valence-electron chi connectivity index (χ1n) is 17.5. The van der Waals surface area contributed by atoms with Crippen molar-refractivity contribution in [3.05, 3.63) is 118 Å². The summed E-state index contributed by atoms with van der Waals surface area (Å²) in [6.07, 6.45) is -0.421. The van der Waals surface area contributed by atoms with Crippen molar-refractivity contribution in [2.75, 3.05) is 25.0 Å². The van der Waals surface area contributed by atoms with Crippen molar-refractivity contribution in [1.82, 2.24) is 25.1 Å². The van der Waals surface area contributed by atoms with Crippen LogP contribution < -0.4 is 21.5 Å². The number of rotatable bonds is 14. The minimum absolute atomic E-state index is 0.0327. The number of carbonyl (C=O) groups is 4. The summed E-state index contributed by atoms with van der Waals surface area (Å²) in [4.78, 5) is 71.2. The molecule has 4 aromatic rings. The molecule has 284 valence electrons. The maximum atomic E-state index is 15.6. The number of alkyl halides is 2. The third kappa shape index (κ3) is 10.3. The van der Waals surface area contributed by atoms with Gasteiger partial charge in [-0.3, -0.25) is 29.1 Å². The Hall–Kier alpha value is -5.96. The second kappa shape index (κ2) is 18.2. The van der Waals surface area contributed by atoms with Crippen LogP contribution >= 0.6 is 0 Å². The Morgan fingerprint density at radius 1 is 0.926 bits per heavy atom. The number of aliphatic hydroxyl groups excluding tert-OH is 1. The molecule has 15 heteroatoms. The Balaban J connectivity index is 1.37. The Morgan fingerprint density at radius 3 is 2.26 bits per heavy atom. The van der Waals surface area contributed by atoms with Crippen molar-refractivity contribution >= 4 is 29.5 Å². The second-order valence-corrected chi connectivity index (χ2v) is 13.0. The van der Waals surface area contributed by atoms with Crippen LogP contribution in [-0.2, 0) is 38.7 Å². The molecule has 0 bridgehead atoms. The van der Waals surface area contributed by atoms with Crippen LogP contribution in [0.4, 0.5) is 19.3 Å². The lowest BCUT2D eigenvalue weighted by Crippen LogP contribution is -2.59. The molecule has 0 spiro atoms. The van der Waals surface area contributed by atoms with Gasteiger partial charge in [0.25, 0.3) is 11.5 Å². The van der Waals surface area contributed by atoms with Crippen LogP contribution in [0.25, 0.3) is 11.4 Å². The van der Waals surface area contributed by atoms with Crippen molar-refractivity contribution in [2.45, 2.75) is 63.8 Å². The normalized spacial score (nSPS) is 14.0. The van der Waals surface area contributed by atoms with E-state index in [4.69, 9.17) is 4.74 Å². The van der Waals surface area contributed by atoms with Gasteiger partial charge in [-0.15, -0.1) is 0 Å². The fourth-order valence-corrected chi connectivity index (χ4v) is 6.03. The molecule has 2 atom stereocenters. The largest absolute Gasteiger partial charge is 0.444 e. The predicted octanol–water partition coefficient (Wildman–Crippen LogP) is 3.82. The molecule has 0 saturated carbocycles. The summed E-state index contributed by atoms with van der Waals surface area (Å²) >= 11 is 0. The summed E-state index contributed by atoms with van der Waals surface area (Å²) in [7, 11) is 0. The molecule has 1 fully saturated rings. The number of nitrogens with zero attached hydrogens (tertiary/aromatic N) is 3. The number of nitrogens with one attached hydrogen (secondary N) is 3. The van der Waals surface area contributed by atoms with Gasteiger partial charge in [-0.05, 0) is 49.8 Å². The quantitative estimate of drug-likeness (QED) is 0.151. The van der Waals surface area contributed by atoms with Crippen LogP contribution in [0.5, 0.6) is 0 Å². The van der Waals surface area contributed by atoms with Crippen molar-refractivity contribution in [2.24, 2.45) is 0 Å². The summed E-state index contributed by atoms with van der Waals surface area (Å²) in [5, 5.41) is 17.7. The molecule has 2 unspecified atom stereocenters. The van der Waals surface area contributed by atoms with E-state index in [2.05, 4.69) is 15.6 Å². The van der Waals surface area contributed by atoms with Crippen LogP contribution in [0.2, 0.25) is 0 Å². The monoisotopic (exact) mass is 744 g/mol. The number of ether oxygens (including phenoxy) is 1. The van der Waals surface area contributed by atoms with Gasteiger partial charge in [0, 0.05) is 18.7 Å². The lowest BCUT2D eigenvalue weighted by Gasteiger charge is -2.30. The van der Waals surface area contributed by atoms with E-state index in [0.29, 0.717) is 29.8 Å². The number of aryl methyl sites for hydroxylation is 1. The molecule has 3 aromatic carbocycles. The van der Waals surface area contributed by atoms with E-state index in [1.54, 1.807) is 78.9 Å².